The number of aromatic nitrogens is 2. The molecule has 0 bridgehead atoms. The van der Waals surface area contributed by atoms with E-state index in [4.69, 9.17) is 4.98 Å². The molecule has 0 atom stereocenters. The van der Waals surface area contributed by atoms with Gasteiger partial charge in [0.05, 0.1) is 22.7 Å². The summed E-state index contributed by atoms with van der Waals surface area (Å²) in [6.07, 6.45) is 0. The Balaban J connectivity index is 1.56. The smallest absolute Gasteiger partial charge is 0.264 e. The zero-order valence-corrected chi connectivity index (χ0v) is 21.9. The summed E-state index contributed by atoms with van der Waals surface area (Å²) in [4.78, 5) is 19.5. The van der Waals surface area contributed by atoms with Gasteiger partial charge in [0.25, 0.3) is 5.56 Å². The number of hydrogen-bond donors (Lipinski definition) is 0. The van der Waals surface area contributed by atoms with Gasteiger partial charge in [-0.3, -0.25) is 9.20 Å². The van der Waals surface area contributed by atoms with Crippen LogP contribution in [0, 0.1) is 11.3 Å². The molecule has 41 heavy (non-hydrogen) atoms. The Morgan fingerprint density at radius 3 is 1.85 bits per heavy atom. The highest BCUT2D eigenvalue weighted by Crippen LogP contribution is 2.40. The molecular formula is C37H21N3O. The van der Waals surface area contributed by atoms with Crippen LogP contribution in [0.5, 0.6) is 0 Å². The van der Waals surface area contributed by atoms with E-state index in [0.29, 0.717) is 16.6 Å². The summed E-state index contributed by atoms with van der Waals surface area (Å²) in [7, 11) is 0. The topological polar surface area (TPSA) is 58.2 Å². The molecule has 0 aliphatic rings. The lowest BCUT2D eigenvalue weighted by molar-refractivity contribution is 1.19. The molecule has 0 amide bonds. The van der Waals surface area contributed by atoms with Crippen LogP contribution in [-0.2, 0) is 0 Å². The number of nitrogens with zero attached hydrogens (tertiary/aromatic N) is 3. The average Bonchev–Trinajstić information content (AvgIpc) is 3.44. The fourth-order valence-corrected chi connectivity index (χ4v) is 6.13. The van der Waals surface area contributed by atoms with Crippen LogP contribution >= 0.6 is 0 Å². The summed E-state index contributed by atoms with van der Waals surface area (Å²) in [5.74, 6) is 0. The highest BCUT2D eigenvalue weighted by atomic mass is 16.1. The first-order valence-corrected chi connectivity index (χ1v) is 13.5. The minimum absolute atomic E-state index is 0.140. The predicted molar refractivity (Wildman–Crippen MR) is 166 cm³/mol. The van der Waals surface area contributed by atoms with Crippen molar-refractivity contribution >= 4 is 38.2 Å². The van der Waals surface area contributed by atoms with Crippen LogP contribution in [0.1, 0.15) is 5.56 Å². The van der Waals surface area contributed by atoms with Crippen LogP contribution in [-0.4, -0.2) is 9.38 Å². The number of fused-ring (bicyclic) bond motifs is 4. The lowest BCUT2D eigenvalue weighted by Crippen LogP contribution is -2.13. The fourth-order valence-electron chi connectivity index (χ4n) is 6.13. The van der Waals surface area contributed by atoms with Crippen molar-refractivity contribution in [3.8, 4) is 39.4 Å². The molecule has 0 radical (unpaired) electrons. The van der Waals surface area contributed by atoms with Crippen molar-refractivity contribution in [1.29, 1.82) is 5.26 Å². The van der Waals surface area contributed by atoms with Gasteiger partial charge in [0, 0.05) is 27.1 Å². The van der Waals surface area contributed by atoms with Gasteiger partial charge >= 0.3 is 0 Å². The lowest BCUT2D eigenvalue weighted by atomic mass is 9.91. The maximum Gasteiger partial charge on any atom is 0.264 e. The fraction of sp³-hybridized carbons (Fsp3) is 0. The number of hydrogen-bond acceptors (Lipinski definition) is 3. The van der Waals surface area contributed by atoms with Crippen LogP contribution in [0.2, 0.25) is 0 Å². The third kappa shape index (κ3) is 3.40. The van der Waals surface area contributed by atoms with Crippen molar-refractivity contribution in [2.75, 3.05) is 0 Å². The molecule has 4 nitrogen and oxygen atoms in total. The lowest BCUT2D eigenvalue weighted by Gasteiger charge is -2.13. The van der Waals surface area contributed by atoms with Crippen LogP contribution in [0.3, 0.4) is 0 Å². The zero-order valence-electron chi connectivity index (χ0n) is 21.9. The molecule has 2 aromatic heterocycles. The second-order valence-electron chi connectivity index (χ2n) is 10.2. The Morgan fingerprint density at radius 1 is 0.585 bits per heavy atom. The zero-order chi connectivity index (χ0) is 27.5. The van der Waals surface area contributed by atoms with E-state index >= 15 is 0 Å². The highest BCUT2D eigenvalue weighted by molar-refractivity contribution is 6.21. The third-order valence-electron chi connectivity index (χ3n) is 7.99. The Bertz CT molecular complexity index is 2370. The van der Waals surface area contributed by atoms with Crippen LogP contribution in [0.25, 0.3) is 71.6 Å². The molecule has 8 rings (SSSR count). The predicted octanol–water partition coefficient (Wildman–Crippen LogP) is 8.46. The summed E-state index contributed by atoms with van der Waals surface area (Å²) in [6, 6.07) is 44.6. The summed E-state index contributed by atoms with van der Waals surface area (Å²) in [5.41, 5.74) is 8.55. The molecular weight excluding hydrogens is 502 g/mol. The summed E-state index contributed by atoms with van der Waals surface area (Å²) in [6.45, 7) is 0. The van der Waals surface area contributed by atoms with Crippen molar-refractivity contribution in [3.63, 3.8) is 0 Å². The molecule has 190 valence electrons. The number of benzene rings is 6. The van der Waals surface area contributed by atoms with Gasteiger partial charge in [-0.1, -0.05) is 97.1 Å². The molecule has 0 unspecified atom stereocenters. The maximum atomic E-state index is 14.4. The Kier molecular flexibility index (Phi) is 5.01. The van der Waals surface area contributed by atoms with E-state index in [2.05, 4.69) is 42.5 Å². The van der Waals surface area contributed by atoms with Gasteiger partial charge in [-0.25, -0.2) is 4.98 Å². The van der Waals surface area contributed by atoms with Crippen molar-refractivity contribution < 1.29 is 0 Å². The van der Waals surface area contributed by atoms with Gasteiger partial charge in [0.2, 0.25) is 0 Å². The largest absolute Gasteiger partial charge is 0.268 e. The Hall–Kier alpha value is -5.79. The normalized spacial score (nSPS) is 11.5. The molecule has 0 fully saturated rings. The Labute approximate surface area is 235 Å². The van der Waals surface area contributed by atoms with Gasteiger partial charge in [0.1, 0.15) is 5.65 Å². The second-order valence-corrected chi connectivity index (χ2v) is 10.2. The van der Waals surface area contributed by atoms with E-state index < -0.39 is 0 Å². The van der Waals surface area contributed by atoms with Gasteiger partial charge in [-0.15, -0.1) is 0 Å². The van der Waals surface area contributed by atoms with Crippen LogP contribution in [0.4, 0.5) is 0 Å². The quantitative estimate of drug-likeness (QED) is 0.233. The molecule has 4 heteroatoms. The SMILES string of the molecule is N#Cc1ccc2c3c1c(-c1ccccc1)ccc3c(=O)n1c3cc(-c4ccccc4)cc(-c4ccccc4)c3nc21. The van der Waals surface area contributed by atoms with E-state index in [0.717, 1.165) is 60.6 Å². The van der Waals surface area contributed by atoms with Gasteiger partial charge in [-0.2, -0.15) is 5.26 Å². The molecule has 0 spiro atoms. The monoisotopic (exact) mass is 523 g/mol. The van der Waals surface area contributed by atoms with Crippen LogP contribution < -0.4 is 5.56 Å². The van der Waals surface area contributed by atoms with Crippen LogP contribution in [0.15, 0.2) is 132 Å². The summed E-state index contributed by atoms with van der Waals surface area (Å²) in [5, 5.41) is 13.1. The summed E-state index contributed by atoms with van der Waals surface area (Å²) >= 11 is 0. The standard InChI is InChI=1S/C37H21N3O/c38-22-26-16-17-29-34-30(19-18-28(33(26)34)24-12-6-2-7-13-24)37(41)40-32-21-27(23-10-4-1-5-11-23)20-31(35(32)39-36(29)40)25-14-8-3-9-15-25/h1-21H. The van der Waals surface area contributed by atoms with E-state index in [9.17, 15) is 10.1 Å². The Morgan fingerprint density at radius 2 is 1.20 bits per heavy atom. The highest BCUT2D eigenvalue weighted by Gasteiger charge is 2.22. The first kappa shape index (κ1) is 23.1. The molecule has 2 heterocycles. The summed E-state index contributed by atoms with van der Waals surface area (Å²) < 4.78 is 1.75. The van der Waals surface area contributed by atoms with Gasteiger partial charge in [0.15, 0.2) is 0 Å². The average molecular weight is 524 g/mol. The maximum absolute atomic E-state index is 14.4. The van der Waals surface area contributed by atoms with Crippen molar-refractivity contribution in [3.05, 3.63) is 143 Å². The molecule has 0 saturated heterocycles. The molecule has 0 saturated carbocycles. The number of pyridine rings is 1. The molecule has 6 aromatic carbocycles. The minimum atomic E-state index is -0.140. The van der Waals surface area contributed by atoms with E-state index in [1.807, 2.05) is 91.0 Å². The molecule has 8 aromatic rings. The number of imidazole rings is 1. The number of nitriles is 1. The van der Waals surface area contributed by atoms with Gasteiger partial charge in [-0.05, 0) is 58.1 Å². The van der Waals surface area contributed by atoms with E-state index in [-0.39, 0.29) is 5.56 Å². The molecule has 0 aliphatic heterocycles. The third-order valence-corrected chi connectivity index (χ3v) is 7.99. The number of rotatable bonds is 3. The van der Waals surface area contributed by atoms with Gasteiger partial charge < -0.3 is 0 Å². The second kappa shape index (κ2) is 8.87. The minimum Gasteiger partial charge on any atom is -0.268 e. The van der Waals surface area contributed by atoms with E-state index in [1.54, 1.807) is 4.40 Å². The van der Waals surface area contributed by atoms with E-state index in [1.165, 1.54) is 0 Å². The molecule has 0 aliphatic carbocycles. The van der Waals surface area contributed by atoms with Crippen molar-refractivity contribution in [2.24, 2.45) is 0 Å². The van der Waals surface area contributed by atoms with Crippen molar-refractivity contribution in [1.82, 2.24) is 9.38 Å². The first-order valence-electron chi connectivity index (χ1n) is 13.5. The first-order chi connectivity index (χ1) is 20.2. The molecule has 0 N–H and O–H groups in total. The van der Waals surface area contributed by atoms with Crippen molar-refractivity contribution in [2.45, 2.75) is 0 Å².